The molecule has 6 aliphatic rings. The number of carbonyl (C=O) groups excluding carboxylic acids is 1. The van der Waals surface area contributed by atoms with E-state index in [9.17, 15) is 23.1 Å². The Morgan fingerprint density at radius 2 is 1.56 bits per heavy atom. The molecule has 9 atom stereocenters. The van der Waals surface area contributed by atoms with E-state index in [1.54, 1.807) is 17.0 Å². The Morgan fingerprint density at radius 1 is 0.880 bits per heavy atom. The van der Waals surface area contributed by atoms with E-state index < -0.39 is 15.8 Å². The Kier molecular flexibility index (Phi) is 8.52. The van der Waals surface area contributed by atoms with Crippen LogP contribution in [-0.4, -0.2) is 54.9 Å². The Morgan fingerprint density at radius 3 is 2.20 bits per heavy atom. The van der Waals surface area contributed by atoms with Crippen LogP contribution in [0.3, 0.4) is 0 Å². The van der Waals surface area contributed by atoms with Crippen molar-refractivity contribution < 1.29 is 23.1 Å². The first kappa shape index (κ1) is 35.7. The number of carboxylic acids is 1. The van der Waals surface area contributed by atoms with Gasteiger partial charge in [0.1, 0.15) is 0 Å². The van der Waals surface area contributed by atoms with E-state index in [1.807, 2.05) is 18.2 Å². The van der Waals surface area contributed by atoms with Gasteiger partial charge in [0.2, 0.25) is 5.91 Å². The van der Waals surface area contributed by atoms with Crippen molar-refractivity contribution >= 4 is 27.3 Å². The van der Waals surface area contributed by atoms with Crippen LogP contribution in [0.15, 0.2) is 54.6 Å². The average Bonchev–Trinajstić information content (AvgIpc) is 3.44. The average molecular weight is 702 g/mol. The molecule has 6 nitrogen and oxygen atoms in total. The standard InChI is InChI=1S/C43H59NO5S/c1-28(2)31-14-20-43(21-17-36(45)44-24-26-50(48,49)27-25-44)23-22-41(6)33(37(31)43)12-13-35-40(5)18-15-32(29-8-10-30(11-9-29)38(46)47)39(3,4)34(40)16-19-42(35,41)7/h8-11,15,17,21,31,33-35,37H,1,12-14,16,18-20,22-27H2,2-7H3,(H,46,47)/b21-17+/t31-,33+,34-,35+,37+,40-,41+,42+,43-/m0/s1. The van der Waals surface area contributed by atoms with E-state index in [0.29, 0.717) is 48.2 Å². The van der Waals surface area contributed by atoms with Crippen molar-refractivity contribution in [2.75, 3.05) is 24.6 Å². The third-order valence-electron chi connectivity index (χ3n) is 16.4. The molecule has 4 saturated carbocycles. The highest BCUT2D eigenvalue weighted by Crippen LogP contribution is 2.78. The van der Waals surface area contributed by atoms with Crippen molar-refractivity contribution in [3.8, 4) is 0 Å². The summed E-state index contributed by atoms with van der Waals surface area (Å²) in [4.78, 5) is 26.7. The molecule has 1 aliphatic heterocycles. The summed E-state index contributed by atoms with van der Waals surface area (Å²) in [6.07, 6.45) is 17.0. The van der Waals surface area contributed by atoms with Crippen molar-refractivity contribution in [1.82, 2.24) is 4.90 Å². The number of hydrogen-bond donors (Lipinski definition) is 1. The summed E-state index contributed by atoms with van der Waals surface area (Å²) in [7, 11) is -3.04. The molecule has 5 aliphatic carbocycles. The fourth-order valence-electron chi connectivity index (χ4n) is 13.7. The molecule has 1 aromatic carbocycles. The third-order valence-corrected chi connectivity index (χ3v) is 18.0. The molecule has 1 aromatic rings. The van der Waals surface area contributed by atoms with Crippen LogP contribution in [0.4, 0.5) is 0 Å². The van der Waals surface area contributed by atoms with Crippen LogP contribution < -0.4 is 0 Å². The number of rotatable bonds is 5. The molecule has 5 fully saturated rings. The second kappa shape index (κ2) is 11.9. The van der Waals surface area contributed by atoms with Gasteiger partial charge >= 0.3 is 5.97 Å². The van der Waals surface area contributed by atoms with Gasteiger partial charge in [0.25, 0.3) is 0 Å². The molecule has 0 unspecified atom stereocenters. The molecule has 1 saturated heterocycles. The number of sulfone groups is 1. The lowest BCUT2D eigenvalue weighted by atomic mass is 9.32. The van der Waals surface area contributed by atoms with Crippen molar-refractivity contribution in [1.29, 1.82) is 0 Å². The summed E-state index contributed by atoms with van der Waals surface area (Å²) in [5.74, 6) is 1.86. The minimum atomic E-state index is -3.04. The van der Waals surface area contributed by atoms with Crippen LogP contribution in [0.25, 0.3) is 5.57 Å². The molecule has 7 rings (SSSR count). The van der Waals surface area contributed by atoms with E-state index >= 15 is 0 Å². The van der Waals surface area contributed by atoms with Crippen LogP contribution >= 0.6 is 0 Å². The third kappa shape index (κ3) is 5.24. The minimum Gasteiger partial charge on any atom is -0.478 e. The number of carboxylic acid groups (broad SMARTS) is 1. The molecule has 1 amide bonds. The largest absolute Gasteiger partial charge is 0.478 e. The fraction of sp³-hybridized carbons (Fsp3) is 0.674. The molecule has 7 heteroatoms. The monoisotopic (exact) mass is 701 g/mol. The van der Waals surface area contributed by atoms with E-state index in [0.717, 1.165) is 31.2 Å². The SMILES string of the molecule is C=C(C)[C@@H]1CC[C@]2(/C=C/C(=O)N3CCS(=O)(=O)CC3)CC[C@]3(C)[C@H](CC[C@@H]4[C@@]5(C)CC=C(c6ccc(C(=O)O)cc6)C(C)(C)[C@@H]5CC[C@]43C)[C@@H]12. The number of allylic oxidation sites excluding steroid dienone is 4. The minimum absolute atomic E-state index is 0.0176. The first-order valence-corrected chi connectivity index (χ1v) is 21.1. The molecular formula is C43H59NO5S. The number of benzene rings is 1. The van der Waals surface area contributed by atoms with E-state index in [1.165, 1.54) is 43.3 Å². The summed E-state index contributed by atoms with van der Waals surface area (Å²) in [5, 5.41) is 9.48. The van der Waals surface area contributed by atoms with Gasteiger partial charge in [-0.2, -0.15) is 0 Å². The number of carbonyl (C=O) groups is 2. The molecule has 0 bridgehead atoms. The Bertz CT molecular complexity index is 1740. The van der Waals surface area contributed by atoms with E-state index in [-0.39, 0.29) is 44.5 Å². The number of amides is 1. The number of aromatic carboxylic acids is 1. The second-order valence-electron chi connectivity index (χ2n) is 18.7. The van der Waals surface area contributed by atoms with Crippen molar-refractivity contribution in [2.24, 2.45) is 56.7 Å². The zero-order chi connectivity index (χ0) is 36.1. The van der Waals surface area contributed by atoms with Gasteiger partial charge in [0.15, 0.2) is 9.84 Å². The van der Waals surface area contributed by atoms with Gasteiger partial charge in [-0.15, -0.1) is 0 Å². The normalized spacial score (nSPS) is 41.7. The van der Waals surface area contributed by atoms with Crippen molar-refractivity contribution in [3.63, 3.8) is 0 Å². The number of hydrogen-bond acceptors (Lipinski definition) is 4. The maximum absolute atomic E-state index is 13.4. The lowest BCUT2D eigenvalue weighted by molar-refractivity contribution is -0.221. The molecule has 272 valence electrons. The van der Waals surface area contributed by atoms with Crippen LogP contribution in [0.5, 0.6) is 0 Å². The van der Waals surface area contributed by atoms with Gasteiger partial charge in [-0.1, -0.05) is 71.1 Å². The smallest absolute Gasteiger partial charge is 0.335 e. The van der Waals surface area contributed by atoms with E-state index in [2.05, 4.69) is 60.3 Å². The van der Waals surface area contributed by atoms with Gasteiger partial charge in [0.05, 0.1) is 17.1 Å². The second-order valence-corrected chi connectivity index (χ2v) is 21.0. The molecule has 50 heavy (non-hydrogen) atoms. The molecule has 0 spiro atoms. The first-order chi connectivity index (χ1) is 23.4. The summed E-state index contributed by atoms with van der Waals surface area (Å²) >= 11 is 0. The Balaban J connectivity index is 1.18. The predicted octanol–water partition coefficient (Wildman–Crippen LogP) is 8.85. The Hall–Kier alpha value is -2.67. The van der Waals surface area contributed by atoms with Gasteiger partial charge in [-0.3, -0.25) is 4.79 Å². The van der Waals surface area contributed by atoms with Crippen molar-refractivity contribution in [3.05, 3.63) is 65.8 Å². The summed E-state index contributed by atoms with van der Waals surface area (Å²) < 4.78 is 24.0. The van der Waals surface area contributed by atoms with Gasteiger partial charge in [0, 0.05) is 13.1 Å². The van der Waals surface area contributed by atoms with Crippen LogP contribution in [0.1, 0.15) is 115 Å². The van der Waals surface area contributed by atoms with Crippen LogP contribution in [0.2, 0.25) is 0 Å². The predicted molar refractivity (Wildman–Crippen MR) is 200 cm³/mol. The topological polar surface area (TPSA) is 91.8 Å². The highest BCUT2D eigenvalue weighted by Gasteiger charge is 2.70. The first-order valence-electron chi connectivity index (χ1n) is 19.3. The van der Waals surface area contributed by atoms with Gasteiger partial charge in [-0.25, -0.2) is 13.2 Å². The van der Waals surface area contributed by atoms with Gasteiger partial charge < -0.3 is 10.0 Å². The number of nitrogens with zero attached hydrogens (tertiary/aromatic N) is 1. The lowest BCUT2D eigenvalue weighted by Gasteiger charge is -2.72. The van der Waals surface area contributed by atoms with Crippen molar-refractivity contribution in [2.45, 2.75) is 99.3 Å². The maximum atomic E-state index is 13.4. The highest BCUT2D eigenvalue weighted by atomic mass is 32.2. The number of fused-ring (bicyclic) bond motifs is 7. The van der Waals surface area contributed by atoms with Gasteiger partial charge in [-0.05, 0) is 151 Å². The fourth-order valence-corrected chi connectivity index (χ4v) is 14.9. The molecule has 0 radical (unpaired) electrons. The summed E-state index contributed by atoms with van der Waals surface area (Å²) in [5.41, 5.74) is 4.68. The molecular weight excluding hydrogens is 643 g/mol. The maximum Gasteiger partial charge on any atom is 0.335 e. The zero-order valence-corrected chi connectivity index (χ0v) is 32.1. The molecule has 1 heterocycles. The van der Waals surface area contributed by atoms with Crippen LogP contribution in [-0.2, 0) is 14.6 Å². The Labute approximate surface area is 300 Å². The van der Waals surface area contributed by atoms with Crippen LogP contribution in [0, 0.1) is 56.7 Å². The quantitative estimate of drug-likeness (QED) is 0.245. The molecule has 0 aromatic heterocycles. The van der Waals surface area contributed by atoms with E-state index in [4.69, 9.17) is 0 Å². The molecule has 1 N–H and O–H groups in total. The zero-order valence-electron chi connectivity index (χ0n) is 31.3. The summed E-state index contributed by atoms with van der Waals surface area (Å²) in [6.45, 7) is 20.1. The summed E-state index contributed by atoms with van der Waals surface area (Å²) in [6, 6.07) is 7.51. The lowest BCUT2D eigenvalue weighted by Crippen LogP contribution is -2.65. The highest BCUT2D eigenvalue weighted by molar-refractivity contribution is 7.91.